The lowest BCUT2D eigenvalue weighted by Crippen LogP contribution is -2.21. The smallest absolute Gasteiger partial charge is 0.241 e. The van der Waals surface area contributed by atoms with Crippen LogP contribution < -0.4 is 5.73 Å². The van der Waals surface area contributed by atoms with Gasteiger partial charge in [0.25, 0.3) is 0 Å². The molecule has 0 aromatic heterocycles. The van der Waals surface area contributed by atoms with Gasteiger partial charge in [-0.25, -0.2) is 0 Å². The first kappa shape index (κ1) is 6.20. The normalized spacial score (nSPS) is 44.2. The quantitative estimate of drug-likeness (QED) is 0.537. The van der Waals surface area contributed by atoms with Crippen molar-refractivity contribution >= 4 is 5.91 Å². The molecule has 0 aromatic rings. The second kappa shape index (κ2) is 1.97. The van der Waals surface area contributed by atoms with E-state index in [0.29, 0.717) is 5.92 Å². The molecule has 2 rings (SSSR count). The van der Waals surface area contributed by atoms with E-state index in [4.69, 9.17) is 5.73 Å². The summed E-state index contributed by atoms with van der Waals surface area (Å²) in [6.45, 7) is 0. The lowest BCUT2D eigenvalue weighted by Gasteiger charge is -2.16. The summed E-state index contributed by atoms with van der Waals surface area (Å²) in [5, 5.41) is 0. The number of carbonyl (C=O) groups is 1. The van der Waals surface area contributed by atoms with Crippen LogP contribution in [-0.2, 0) is 4.79 Å². The van der Waals surface area contributed by atoms with Gasteiger partial charge in [-0.15, -0.1) is 0 Å². The van der Waals surface area contributed by atoms with Crippen LogP contribution in [0.1, 0.15) is 25.7 Å². The van der Waals surface area contributed by atoms with Crippen LogP contribution in [0, 0.1) is 17.8 Å². The van der Waals surface area contributed by atoms with Gasteiger partial charge in [-0.3, -0.25) is 10.5 Å². The van der Waals surface area contributed by atoms with Crippen molar-refractivity contribution < 1.29 is 4.79 Å². The second-order valence-corrected chi connectivity index (χ2v) is 3.65. The molecule has 1 radical (unpaired) electrons. The topological polar surface area (TPSA) is 40.9 Å². The first-order chi connectivity index (χ1) is 4.77. The molecule has 0 heterocycles. The van der Waals surface area contributed by atoms with Gasteiger partial charge in [0, 0.05) is 5.92 Å². The van der Waals surface area contributed by atoms with Crippen LogP contribution in [0.5, 0.6) is 0 Å². The highest BCUT2D eigenvalue weighted by molar-refractivity contribution is 5.76. The Hall–Kier alpha value is -0.530. The van der Waals surface area contributed by atoms with E-state index in [-0.39, 0.29) is 11.8 Å². The first-order valence-electron chi connectivity index (χ1n) is 4.03. The Kier molecular flexibility index (Phi) is 1.22. The molecular weight excluding hydrogens is 126 g/mol. The molecule has 2 aliphatic rings. The van der Waals surface area contributed by atoms with Crippen molar-refractivity contribution in [3.8, 4) is 0 Å². The van der Waals surface area contributed by atoms with Crippen LogP contribution in [0.2, 0.25) is 0 Å². The molecule has 2 heteroatoms. The molecule has 2 nitrogen and oxygen atoms in total. The average Bonchev–Trinajstić information content (AvgIpc) is 2.44. The Balaban J connectivity index is 2.08. The summed E-state index contributed by atoms with van der Waals surface area (Å²) in [5.41, 5.74) is 6.99. The zero-order valence-electron chi connectivity index (χ0n) is 5.97. The van der Waals surface area contributed by atoms with Crippen LogP contribution in [0.25, 0.3) is 0 Å². The number of rotatable bonds is 1. The molecule has 2 aliphatic carbocycles. The van der Waals surface area contributed by atoms with Crippen molar-refractivity contribution in [1.29, 1.82) is 0 Å². The third-order valence-electron chi connectivity index (χ3n) is 3.07. The summed E-state index contributed by atoms with van der Waals surface area (Å²) in [5.74, 6) is 1.20. The minimum absolute atomic E-state index is 0.124. The molecule has 55 valence electrons. The van der Waals surface area contributed by atoms with E-state index in [1.165, 1.54) is 19.3 Å². The number of amides is 1. The molecule has 3 unspecified atom stereocenters. The largest absolute Gasteiger partial charge is 0.273 e. The predicted octanol–water partition coefficient (Wildman–Crippen LogP) is 1.23. The molecule has 2 bridgehead atoms. The van der Waals surface area contributed by atoms with Crippen molar-refractivity contribution in [2.75, 3.05) is 0 Å². The minimum atomic E-state index is -0.313. The molecule has 0 aliphatic heterocycles. The molecule has 0 aromatic carbocycles. The zero-order valence-corrected chi connectivity index (χ0v) is 5.97. The molecule has 0 spiro atoms. The maximum absolute atomic E-state index is 10.7. The van der Waals surface area contributed by atoms with E-state index in [2.05, 4.69) is 0 Å². The van der Waals surface area contributed by atoms with Gasteiger partial charge in [0.15, 0.2) is 0 Å². The average molecular weight is 138 g/mol. The van der Waals surface area contributed by atoms with Crippen LogP contribution in [-0.4, -0.2) is 5.91 Å². The molecule has 1 N–H and O–H groups in total. The van der Waals surface area contributed by atoms with Crippen LogP contribution >= 0.6 is 0 Å². The number of fused-ring (bicyclic) bond motifs is 2. The summed E-state index contributed by atoms with van der Waals surface area (Å²) >= 11 is 0. The maximum atomic E-state index is 10.7. The van der Waals surface area contributed by atoms with E-state index in [1.54, 1.807) is 0 Å². The highest BCUT2D eigenvalue weighted by atomic mass is 16.1. The fourth-order valence-corrected chi connectivity index (χ4v) is 2.57. The number of nitrogens with one attached hydrogen (secondary N) is 1. The molecule has 10 heavy (non-hydrogen) atoms. The van der Waals surface area contributed by atoms with Gasteiger partial charge < -0.3 is 0 Å². The summed E-state index contributed by atoms with van der Waals surface area (Å²) in [6.07, 6.45) is 4.77. The Labute approximate surface area is 60.8 Å². The standard InChI is InChI=1S/C8H12NO/c9-8(10)7-4-5-1-2-6(7)3-5/h5-7,9H,1-4H2. The third kappa shape index (κ3) is 0.746. The monoisotopic (exact) mass is 138 g/mol. The second-order valence-electron chi connectivity index (χ2n) is 3.65. The summed E-state index contributed by atoms with van der Waals surface area (Å²) in [6, 6.07) is 0. The summed E-state index contributed by atoms with van der Waals surface area (Å²) < 4.78 is 0. The van der Waals surface area contributed by atoms with Gasteiger partial charge in [0.05, 0.1) is 0 Å². The van der Waals surface area contributed by atoms with E-state index in [9.17, 15) is 4.79 Å². The van der Waals surface area contributed by atoms with Crippen molar-refractivity contribution in [3.63, 3.8) is 0 Å². The SMILES string of the molecule is [NH]C(=O)C1CC2CCC1C2. The zero-order chi connectivity index (χ0) is 7.14. The van der Waals surface area contributed by atoms with E-state index in [0.717, 1.165) is 12.3 Å². The highest BCUT2D eigenvalue weighted by Crippen LogP contribution is 2.48. The maximum Gasteiger partial charge on any atom is 0.241 e. The Morgan fingerprint density at radius 3 is 2.40 bits per heavy atom. The fourth-order valence-electron chi connectivity index (χ4n) is 2.57. The lowest BCUT2D eigenvalue weighted by molar-refractivity contribution is -0.123. The molecule has 0 saturated heterocycles. The van der Waals surface area contributed by atoms with Crippen molar-refractivity contribution in [2.45, 2.75) is 25.7 Å². The van der Waals surface area contributed by atoms with Gasteiger partial charge in [0.2, 0.25) is 5.91 Å². The van der Waals surface area contributed by atoms with Crippen LogP contribution in [0.15, 0.2) is 0 Å². The van der Waals surface area contributed by atoms with Gasteiger partial charge in [-0.2, -0.15) is 0 Å². The van der Waals surface area contributed by atoms with Crippen molar-refractivity contribution in [3.05, 3.63) is 0 Å². The Morgan fingerprint density at radius 2 is 2.10 bits per heavy atom. The summed E-state index contributed by atoms with van der Waals surface area (Å²) in [7, 11) is 0. The minimum Gasteiger partial charge on any atom is -0.273 e. The van der Waals surface area contributed by atoms with Gasteiger partial charge in [0.1, 0.15) is 0 Å². The third-order valence-corrected chi connectivity index (χ3v) is 3.07. The summed E-state index contributed by atoms with van der Waals surface area (Å²) in [4.78, 5) is 10.7. The van der Waals surface area contributed by atoms with Crippen LogP contribution in [0.4, 0.5) is 0 Å². The first-order valence-corrected chi connectivity index (χ1v) is 4.03. The van der Waals surface area contributed by atoms with Gasteiger partial charge in [-0.1, -0.05) is 6.42 Å². The fraction of sp³-hybridized carbons (Fsp3) is 0.875. The molecule has 2 saturated carbocycles. The van der Waals surface area contributed by atoms with Crippen molar-refractivity contribution in [2.24, 2.45) is 17.8 Å². The Morgan fingerprint density at radius 1 is 1.30 bits per heavy atom. The highest BCUT2D eigenvalue weighted by Gasteiger charge is 2.42. The lowest BCUT2D eigenvalue weighted by atomic mass is 9.88. The molecule has 3 atom stereocenters. The molecule has 2 fully saturated rings. The number of hydrogen-bond acceptors (Lipinski definition) is 1. The van der Waals surface area contributed by atoms with Crippen molar-refractivity contribution in [1.82, 2.24) is 5.73 Å². The van der Waals surface area contributed by atoms with Gasteiger partial charge >= 0.3 is 0 Å². The molecule has 1 amide bonds. The molecular formula is C8H12NO. The number of carbonyl (C=O) groups excluding carboxylic acids is 1. The van der Waals surface area contributed by atoms with E-state index >= 15 is 0 Å². The van der Waals surface area contributed by atoms with E-state index in [1.807, 2.05) is 0 Å². The van der Waals surface area contributed by atoms with Gasteiger partial charge in [-0.05, 0) is 31.1 Å². The predicted molar refractivity (Wildman–Crippen MR) is 37.0 cm³/mol. The Bertz CT molecular complexity index is 167. The number of hydrogen-bond donors (Lipinski definition) is 0. The van der Waals surface area contributed by atoms with Crippen LogP contribution in [0.3, 0.4) is 0 Å². The van der Waals surface area contributed by atoms with E-state index < -0.39 is 0 Å².